The summed E-state index contributed by atoms with van der Waals surface area (Å²) < 4.78 is 26.9. The number of hydrogen-bond donors (Lipinski definition) is 3. The van der Waals surface area contributed by atoms with Crippen molar-refractivity contribution in [3.8, 4) is 0 Å². The molecule has 0 amide bonds. The number of sulfonamides is 1. The largest absolute Gasteiger partial charge is 0.381 e. The van der Waals surface area contributed by atoms with E-state index in [1.807, 2.05) is 12.1 Å². The molecule has 116 valence electrons. The van der Waals surface area contributed by atoms with Crippen LogP contribution in [0.1, 0.15) is 38.5 Å². The summed E-state index contributed by atoms with van der Waals surface area (Å²) in [5.41, 5.74) is 7.05. The molecule has 21 heavy (non-hydrogen) atoms. The Kier molecular flexibility index (Phi) is 4.19. The Morgan fingerprint density at radius 3 is 2.29 bits per heavy atom. The van der Waals surface area contributed by atoms with E-state index < -0.39 is 10.0 Å². The van der Waals surface area contributed by atoms with Crippen LogP contribution < -0.4 is 15.8 Å². The summed E-state index contributed by atoms with van der Waals surface area (Å²) in [4.78, 5) is 0.327. The molecule has 0 heterocycles. The van der Waals surface area contributed by atoms with Gasteiger partial charge in [-0.05, 0) is 49.9 Å². The molecule has 4 N–H and O–H groups in total. The fourth-order valence-electron chi connectivity index (χ4n) is 2.77. The van der Waals surface area contributed by atoms with Gasteiger partial charge in [0.25, 0.3) is 0 Å². The zero-order chi connectivity index (χ0) is 14.9. The van der Waals surface area contributed by atoms with E-state index in [1.165, 1.54) is 12.8 Å². The van der Waals surface area contributed by atoms with Crippen LogP contribution in [0.5, 0.6) is 0 Å². The highest BCUT2D eigenvalue weighted by molar-refractivity contribution is 7.89. The van der Waals surface area contributed by atoms with E-state index >= 15 is 0 Å². The number of nitrogens with one attached hydrogen (secondary N) is 2. The SMILES string of the molecule is NC1CCCCC1Nc1ccc(S(=O)(=O)NC2CC2)cc1. The summed E-state index contributed by atoms with van der Waals surface area (Å²) in [7, 11) is -3.36. The van der Waals surface area contributed by atoms with Crippen LogP contribution in [0.3, 0.4) is 0 Å². The molecule has 0 aliphatic heterocycles. The van der Waals surface area contributed by atoms with Gasteiger partial charge < -0.3 is 11.1 Å². The highest BCUT2D eigenvalue weighted by Gasteiger charge is 2.28. The average molecular weight is 309 g/mol. The maximum atomic E-state index is 12.1. The molecule has 3 rings (SSSR count). The number of anilines is 1. The van der Waals surface area contributed by atoms with Gasteiger partial charge in [-0.3, -0.25) is 0 Å². The van der Waals surface area contributed by atoms with Crippen molar-refractivity contribution >= 4 is 15.7 Å². The minimum absolute atomic E-state index is 0.132. The van der Waals surface area contributed by atoms with E-state index in [4.69, 9.17) is 5.73 Å². The van der Waals surface area contributed by atoms with Crippen molar-refractivity contribution in [2.45, 2.75) is 61.5 Å². The van der Waals surface area contributed by atoms with Crippen LogP contribution in [-0.4, -0.2) is 26.5 Å². The number of rotatable bonds is 5. The summed E-state index contributed by atoms with van der Waals surface area (Å²) in [6, 6.07) is 7.55. The van der Waals surface area contributed by atoms with Gasteiger partial charge in [-0.25, -0.2) is 13.1 Å². The number of hydrogen-bond acceptors (Lipinski definition) is 4. The maximum absolute atomic E-state index is 12.1. The molecular weight excluding hydrogens is 286 g/mol. The Bertz CT molecular complexity index is 581. The lowest BCUT2D eigenvalue weighted by Crippen LogP contribution is -2.42. The molecule has 5 nitrogen and oxygen atoms in total. The summed E-state index contributed by atoms with van der Waals surface area (Å²) in [6.45, 7) is 0. The molecule has 0 aromatic heterocycles. The first kappa shape index (κ1) is 14.8. The molecule has 2 unspecified atom stereocenters. The highest BCUT2D eigenvalue weighted by atomic mass is 32.2. The fraction of sp³-hybridized carbons (Fsp3) is 0.600. The minimum atomic E-state index is -3.36. The quantitative estimate of drug-likeness (QED) is 0.774. The topological polar surface area (TPSA) is 84.2 Å². The molecule has 0 radical (unpaired) electrons. The smallest absolute Gasteiger partial charge is 0.240 e. The van der Waals surface area contributed by atoms with Crippen molar-refractivity contribution in [3.63, 3.8) is 0 Å². The van der Waals surface area contributed by atoms with E-state index in [-0.39, 0.29) is 18.1 Å². The van der Waals surface area contributed by atoms with Crippen molar-refractivity contribution in [1.82, 2.24) is 4.72 Å². The Labute approximate surface area is 126 Å². The second-order valence-electron chi connectivity index (χ2n) is 6.12. The monoisotopic (exact) mass is 309 g/mol. The van der Waals surface area contributed by atoms with Crippen molar-refractivity contribution in [3.05, 3.63) is 24.3 Å². The molecule has 0 bridgehead atoms. The van der Waals surface area contributed by atoms with E-state index in [2.05, 4.69) is 10.0 Å². The van der Waals surface area contributed by atoms with E-state index in [1.54, 1.807) is 12.1 Å². The third-order valence-electron chi connectivity index (χ3n) is 4.24. The molecule has 1 aromatic rings. The highest BCUT2D eigenvalue weighted by Crippen LogP contribution is 2.24. The molecule has 6 heteroatoms. The van der Waals surface area contributed by atoms with Crippen molar-refractivity contribution in [2.75, 3.05) is 5.32 Å². The third kappa shape index (κ3) is 3.75. The Balaban J connectivity index is 1.66. The van der Waals surface area contributed by atoms with Crippen LogP contribution >= 0.6 is 0 Å². The average Bonchev–Trinajstić information content (AvgIpc) is 3.25. The molecule has 2 aliphatic rings. The van der Waals surface area contributed by atoms with Crippen molar-refractivity contribution < 1.29 is 8.42 Å². The predicted octanol–water partition coefficient (Wildman–Crippen LogP) is 1.81. The van der Waals surface area contributed by atoms with Crippen molar-refractivity contribution in [1.29, 1.82) is 0 Å². The summed E-state index contributed by atoms with van der Waals surface area (Å²) in [6.07, 6.45) is 6.41. The fourth-order valence-corrected chi connectivity index (χ4v) is 4.08. The first-order valence-corrected chi connectivity index (χ1v) is 9.17. The van der Waals surface area contributed by atoms with Gasteiger partial charge in [0.2, 0.25) is 10.0 Å². The van der Waals surface area contributed by atoms with Crippen LogP contribution in [0.25, 0.3) is 0 Å². The second-order valence-corrected chi connectivity index (χ2v) is 7.83. The van der Waals surface area contributed by atoms with Gasteiger partial charge in [-0.1, -0.05) is 12.8 Å². The minimum Gasteiger partial charge on any atom is -0.381 e. The van der Waals surface area contributed by atoms with Gasteiger partial charge in [-0.2, -0.15) is 0 Å². The molecule has 2 aliphatic carbocycles. The van der Waals surface area contributed by atoms with Crippen LogP contribution in [0, 0.1) is 0 Å². The van der Waals surface area contributed by atoms with Gasteiger partial charge in [0.1, 0.15) is 0 Å². The second kappa shape index (κ2) is 5.94. The molecular formula is C15H23N3O2S. The van der Waals surface area contributed by atoms with Gasteiger partial charge in [-0.15, -0.1) is 0 Å². The lowest BCUT2D eigenvalue weighted by Gasteiger charge is -2.30. The first-order valence-electron chi connectivity index (χ1n) is 7.69. The maximum Gasteiger partial charge on any atom is 0.240 e. The molecule has 2 atom stereocenters. The normalized spacial score (nSPS) is 26.5. The molecule has 2 saturated carbocycles. The van der Waals surface area contributed by atoms with E-state index in [0.29, 0.717) is 4.90 Å². The Morgan fingerprint density at radius 2 is 1.67 bits per heavy atom. The zero-order valence-corrected chi connectivity index (χ0v) is 12.9. The van der Waals surface area contributed by atoms with Crippen LogP contribution in [0.15, 0.2) is 29.2 Å². The van der Waals surface area contributed by atoms with Crippen LogP contribution in [0.4, 0.5) is 5.69 Å². The molecule has 1 aromatic carbocycles. The standard InChI is InChI=1S/C15H23N3O2S/c16-14-3-1-2-4-15(14)17-11-7-9-13(10-8-11)21(19,20)18-12-5-6-12/h7-10,12,14-15,17-18H,1-6,16H2. The molecule has 2 fully saturated rings. The summed E-state index contributed by atoms with van der Waals surface area (Å²) in [5, 5.41) is 3.42. The lowest BCUT2D eigenvalue weighted by molar-refractivity contribution is 0.404. The Morgan fingerprint density at radius 1 is 1.00 bits per heavy atom. The van der Waals surface area contributed by atoms with E-state index in [9.17, 15) is 8.42 Å². The number of nitrogens with two attached hydrogens (primary N) is 1. The Hall–Kier alpha value is -1.11. The van der Waals surface area contributed by atoms with Gasteiger partial charge in [0.15, 0.2) is 0 Å². The lowest BCUT2D eigenvalue weighted by atomic mass is 9.91. The summed E-state index contributed by atoms with van der Waals surface area (Å²) in [5.74, 6) is 0. The molecule has 0 spiro atoms. The van der Waals surface area contributed by atoms with Crippen LogP contribution in [-0.2, 0) is 10.0 Å². The summed E-state index contributed by atoms with van der Waals surface area (Å²) >= 11 is 0. The van der Waals surface area contributed by atoms with Crippen LogP contribution in [0.2, 0.25) is 0 Å². The number of benzene rings is 1. The predicted molar refractivity (Wildman–Crippen MR) is 83.6 cm³/mol. The van der Waals surface area contributed by atoms with E-state index in [0.717, 1.165) is 31.4 Å². The van der Waals surface area contributed by atoms with Gasteiger partial charge in [0.05, 0.1) is 4.90 Å². The van der Waals surface area contributed by atoms with Gasteiger partial charge >= 0.3 is 0 Å². The van der Waals surface area contributed by atoms with Gasteiger partial charge in [0, 0.05) is 23.8 Å². The molecule has 0 saturated heterocycles. The zero-order valence-electron chi connectivity index (χ0n) is 12.1. The van der Waals surface area contributed by atoms with Crippen molar-refractivity contribution in [2.24, 2.45) is 5.73 Å². The first-order chi connectivity index (χ1) is 10.0. The third-order valence-corrected chi connectivity index (χ3v) is 5.77.